The van der Waals surface area contributed by atoms with Crippen molar-refractivity contribution in [3.63, 3.8) is 0 Å². The van der Waals surface area contributed by atoms with Gasteiger partial charge in [-0.2, -0.15) is 0 Å². The van der Waals surface area contributed by atoms with E-state index in [9.17, 15) is 13.2 Å². The molecule has 0 spiro atoms. The molecule has 0 fully saturated rings. The number of nitrogens with one attached hydrogen (secondary N) is 2. The number of hydrogen-bond donors (Lipinski definition) is 2. The molecule has 3 aromatic rings. The molecule has 1 aliphatic rings. The van der Waals surface area contributed by atoms with Crippen LogP contribution in [0.25, 0.3) is 0 Å². The molecule has 0 aliphatic carbocycles. The zero-order chi connectivity index (χ0) is 23.4. The number of hydrogen-bond acceptors (Lipinski definition) is 6. The molecule has 0 saturated heterocycles. The van der Waals surface area contributed by atoms with Crippen molar-refractivity contribution in [2.45, 2.75) is 17.9 Å². The van der Waals surface area contributed by atoms with Crippen LogP contribution in [0.1, 0.15) is 15.9 Å². The summed E-state index contributed by atoms with van der Waals surface area (Å²) in [5, 5.41) is 2.79. The maximum atomic E-state index is 13.1. The van der Waals surface area contributed by atoms with Gasteiger partial charge in [-0.05, 0) is 48.9 Å². The van der Waals surface area contributed by atoms with Gasteiger partial charge in [0, 0.05) is 5.56 Å². The van der Waals surface area contributed by atoms with Gasteiger partial charge in [0.05, 0.1) is 24.2 Å². The molecular weight excluding hydrogens is 444 g/mol. The summed E-state index contributed by atoms with van der Waals surface area (Å²) in [7, 11) is -2.49. The van der Waals surface area contributed by atoms with Gasteiger partial charge >= 0.3 is 0 Å². The normalized spacial score (nSPS) is 14.9. The van der Waals surface area contributed by atoms with Crippen LogP contribution in [0.3, 0.4) is 0 Å². The first-order chi connectivity index (χ1) is 15.9. The molecule has 9 heteroatoms. The first kappa shape index (κ1) is 22.5. The third-order valence-electron chi connectivity index (χ3n) is 5.15. The van der Waals surface area contributed by atoms with Crippen molar-refractivity contribution in [3.8, 4) is 17.2 Å². The highest BCUT2D eigenvalue weighted by molar-refractivity contribution is 7.92. The van der Waals surface area contributed by atoms with E-state index in [4.69, 9.17) is 14.2 Å². The third-order valence-corrected chi connectivity index (χ3v) is 6.66. The van der Waals surface area contributed by atoms with Gasteiger partial charge in [0.15, 0.2) is 11.5 Å². The molecule has 172 valence electrons. The van der Waals surface area contributed by atoms with Gasteiger partial charge in [0.2, 0.25) is 0 Å². The summed E-state index contributed by atoms with van der Waals surface area (Å²) in [6.07, 6.45) is -0.357. The van der Waals surface area contributed by atoms with Crippen molar-refractivity contribution < 1.29 is 27.4 Å². The van der Waals surface area contributed by atoms with E-state index in [-0.39, 0.29) is 23.1 Å². The number of sulfonamides is 1. The summed E-state index contributed by atoms with van der Waals surface area (Å²) >= 11 is 0. The van der Waals surface area contributed by atoms with Crippen molar-refractivity contribution in [3.05, 3.63) is 77.9 Å². The second-order valence-corrected chi connectivity index (χ2v) is 9.14. The highest BCUT2D eigenvalue weighted by atomic mass is 32.2. The number of carbonyl (C=O) groups is 1. The lowest BCUT2D eigenvalue weighted by Crippen LogP contribution is -2.40. The van der Waals surface area contributed by atoms with Crippen LogP contribution in [0.15, 0.2) is 71.6 Å². The Morgan fingerprint density at radius 1 is 1.06 bits per heavy atom. The monoisotopic (exact) mass is 468 g/mol. The summed E-state index contributed by atoms with van der Waals surface area (Å²) in [6, 6.07) is 18.6. The van der Waals surface area contributed by atoms with Crippen LogP contribution >= 0.6 is 0 Å². The molecule has 1 heterocycles. The summed E-state index contributed by atoms with van der Waals surface area (Å²) < 4.78 is 45.4. The fourth-order valence-electron chi connectivity index (χ4n) is 3.43. The van der Waals surface area contributed by atoms with E-state index in [0.717, 1.165) is 0 Å². The molecule has 0 bridgehead atoms. The number of carbonyl (C=O) groups excluding carboxylic acids is 1. The Balaban J connectivity index is 1.47. The van der Waals surface area contributed by atoms with E-state index < -0.39 is 15.9 Å². The van der Waals surface area contributed by atoms with Crippen LogP contribution in [0.4, 0.5) is 5.69 Å². The molecule has 0 aromatic heterocycles. The molecule has 0 saturated carbocycles. The molecule has 4 rings (SSSR count). The Kier molecular flexibility index (Phi) is 6.41. The number of para-hydroxylation sites is 4. The van der Waals surface area contributed by atoms with Crippen LogP contribution in [-0.2, 0) is 10.0 Å². The van der Waals surface area contributed by atoms with Crippen LogP contribution in [0, 0.1) is 6.92 Å². The van der Waals surface area contributed by atoms with Crippen molar-refractivity contribution in [2.24, 2.45) is 0 Å². The molecule has 0 radical (unpaired) electrons. The van der Waals surface area contributed by atoms with Gasteiger partial charge in [0.1, 0.15) is 18.5 Å². The summed E-state index contributed by atoms with van der Waals surface area (Å²) in [4.78, 5) is 12.7. The second kappa shape index (κ2) is 9.41. The van der Waals surface area contributed by atoms with Gasteiger partial charge in [0.25, 0.3) is 15.9 Å². The van der Waals surface area contributed by atoms with Crippen molar-refractivity contribution in [1.29, 1.82) is 0 Å². The Morgan fingerprint density at radius 3 is 2.58 bits per heavy atom. The van der Waals surface area contributed by atoms with E-state index in [1.807, 2.05) is 18.2 Å². The Hall–Kier alpha value is -3.72. The summed E-state index contributed by atoms with van der Waals surface area (Å²) in [5.41, 5.74) is 1.04. The number of methoxy groups -OCH3 is 1. The number of aryl methyl sites for hydroxylation is 1. The topological polar surface area (TPSA) is 103 Å². The molecule has 1 atom stereocenters. The fraction of sp³-hybridized carbons (Fsp3) is 0.208. The summed E-state index contributed by atoms with van der Waals surface area (Å²) in [5.74, 6) is 1.26. The maximum absolute atomic E-state index is 13.1. The minimum Gasteiger partial charge on any atom is -0.495 e. The van der Waals surface area contributed by atoms with E-state index in [1.165, 1.54) is 13.2 Å². The van der Waals surface area contributed by atoms with Crippen LogP contribution in [-0.4, -0.2) is 40.7 Å². The standard InChI is InChI=1S/C24H24N2O6S/c1-16-11-12-17(13-23(16)33(28,29)26-19-7-3-4-8-20(19)30-2)24(27)25-14-18-15-31-21-9-5-6-10-22(21)32-18/h3-13,18,26H,14-15H2,1-2H3,(H,25,27). The largest absolute Gasteiger partial charge is 0.495 e. The van der Waals surface area contributed by atoms with E-state index in [0.29, 0.717) is 35.1 Å². The molecule has 8 nitrogen and oxygen atoms in total. The SMILES string of the molecule is COc1ccccc1NS(=O)(=O)c1cc(C(=O)NCC2COc3ccccc3O2)ccc1C. The first-order valence-corrected chi connectivity index (χ1v) is 11.8. The zero-order valence-corrected chi connectivity index (χ0v) is 19.0. The predicted molar refractivity (Wildman–Crippen MR) is 124 cm³/mol. The number of fused-ring (bicyclic) bond motifs is 1. The quantitative estimate of drug-likeness (QED) is 0.551. The highest BCUT2D eigenvalue weighted by Crippen LogP contribution is 2.31. The van der Waals surface area contributed by atoms with Crippen LogP contribution in [0.5, 0.6) is 17.2 Å². The highest BCUT2D eigenvalue weighted by Gasteiger charge is 2.23. The van der Waals surface area contributed by atoms with Gasteiger partial charge in [-0.15, -0.1) is 0 Å². The second-order valence-electron chi connectivity index (χ2n) is 7.49. The predicted octanol–water partition coefficient (Wildman–Crippen LogP) is 3.37. The van der Waals surface area contributed by atoms with Gasteiger partial charge in [-0.25, -0.2) is 8.42 Å². The average molecular weight is 469 g/mol. The number of benzene rings is 3. The number of rotatable bonds is 7. The van der Waals surface area contributed by atoms with Gasteiger partial charge in [-0.1, -0.05) is 30.3 Å². The van der Waals surface area contributed by atoms with Gasteiger partial charge in [-0.3, -0.25) is 9.52 Å². The van der Waals surface area contributed by atoms with Crippen molar-refractivity contribution in [2.75, 3.05) is 25.0 Å². The third kappa shape index (κ3) is 5.04. The van der Waals surface area contributed by atoms with E-state index in [2.05, 4.69) is 10.0 Å². The molecule has 1 unspecified atom stereocenters. The van der Waals surface area contributed by atoms with Crippen molar-refractivity contribution in [1.82, 2.24) is 5.32 Å². The minimum absolute atomic E-state index is 0.00670. The molecule has 1 aliphatic heterocycles. The van der Waals surface area contributed by atoms with Crippen molar-refractivity contribution >= 4 is 21.6 Å². The number of anilines is 1. The van der Waals surface area contributed by atoms with Crippen LogP contribution in [0.2, 0.25) is 0 Å². The zero-order valence-electron chi connectivity index (χ0n) is 18.2. The Bertz CT molecular complexity index is 1280. The Labute approximate surface area is 192 Å². The van der Waals surface area contributed by atoms with Crippen LogP contribution < -0.4 is 24.2 Å². The lowest BCUT2D eigenvalue weighted by molar-refractivity contribution is 0.0789. The fourth-order valence-corrected chi connectivity index (χ4v) is 4.77. The number of amides is 1. The number of ether oxygens (including phenoxy) is 3. The Morgan fingerprint density at radius 2 is 1.79 bits per heavy atom. The molecule has 3 aromatic carbocycles. The maximum Gasteiger partial charge on any atom is 0.262 e. The smallest absolute Gasteiger partial charge is 0.262 e. The lowest BCUT2D eigenvalue weighted by atomic mass is 10.1. The first-order valence-electron chi connectivity index (χ1n) is 10.3. The van der Waals surface area contributed by atoms with Gasteiger partial charge < -0.3 is 19.5 Å². The molecular formula is C24H24N2O6S. The molecule has 1 amide bonds. The molecule has 33 heavy (non-hydrogen) atoms. The summed E-state index contributed by atoms with van der Waals surface area (Å²) in [6.45, 7) is 2.18. The van der Waals surface area contributed by atoms with E-state index in [1.54, 1.807) is 49.4 Å². The van der Waals surface area contributed by atoms with E-state index >= 15 is 0 Å². The lowest BCUT2D eigenvalue weighted by Gasteiger charge is -2.26. The molecule has 2 N–H and O–H groups in total. The minimum atomic E-state index is -3.96. The average Bonchev–Trinajstić information content (AvgIpc) is 2.82.